The SMILES string of the molecule is COCC[NH2+]CCOC.O=C([O-])Cc1ccccc1. The van der Waals surface area contributed by atoms with Gasteiger partial charge in [0.25, 0.3) is 0 Å². The van der Waals surface area contributed by atoms with Crippen LogP contribution >= 0.6 is 0 Å². The molecule has 1 aromatic rings. The second-order valence-electron chi connectivity index (χ2n) is 3.89. The zero-order chi connectivity index (χ0) is 14.3. The van der Waals surface area contributed by atoms with E-state index in [1.807, 2.05) is 6.07 Å². The van der Waals surface area contributed by atoms with Crippen LogP contribution in [0.4, 0.5) is 0 Å². The van der Waals surface area contributed by atoms with Crippen LogP contribution in [0, 0.1) is 0 Å². The average Bonchev–Trinajstić information content (AvgIpc) is 2.40. The Hall–Kier alpha value is -1.43. The van der Waals surface area contributed by atoms with Crippen LogP contribution < -0.4 is 10.4 Å². The maximum absolute atomic E-state index is 10.1. The van der Waals surface area contributed by atoms with Crippen molar-refractivity contribution < 1.29 is 24.7 Å². The Kier molecular flexibility index (Phi) is 12.0. The van der Waals surface area contributed by atoms with Crippen molar-refractivity contribution in [2.45, 2.75) is 6.42 Å². The quantitative estimate of drug-likeness (QED) is 0.603. The Morgan fingerprint density at radius 3 is 2.05 bits per heavy atom. The lowest BCUT2D eigenvalue weighted by atomic mass is 10.2. The van der Waals surface area contributed by atoms with Crippen molar-refractivity contribution in [3.05, 3.63) is 35.9 Å². The molecule has 0 spiro atoms. The molecule has 0 saturated heterocycles. The second kappa shape index (κ2) is 13.0. The lowest BCUT2D eigenvalue weighted by Crippen LogP contribution is -2.86. The van der Waals surface area contributed by atoms with Gasteiger partial charge in [-0.2, -0.15) is 0 Å². The molecule has 0 amide bonds. The van der Waals surface area contributed by atoms with Gasteiger partial charge in [0.05, 0.1) is 26.3 Å². The summed E-state index contributed by atoms with van der Waals surface area (Å²) in [7, 11) is 3.42. The standard InChI is InChI=1S/C8H8O2.C6H15NO2/c9-8(10)6-7-4-2-1-3-5-7;1-8-5-3-7-4-6-9-2/h1-5H,6H2,(H,9,10);7H,3-6H2,1-2H3. The van der Waals surface area contributed by atoms with Crippen molar-refractivity contribution >= 4 is 5.97 Å². The van der Waals surface area contributed by atoms with Crippen LogP contribution in [0.1, 0.15) is 5.56 Å². The summed E-state index contributed by atoms with van der Waals surface area (Å²) in [6, 6.07) is 8.97. The maximum Gasteiger partial charge on any atom is 0.0993 e. The number of ether oxygens (including phenoxy) is 2. The summed E-state index contributed by atoms with van der Waals surface area (Å²) in [5.74, 6) is -1.04. The topological polar surface area (TPSA) is 75.2 Å². The predicted molar refractivity (Wildman–Crippen MR) is 70.6 cm³/mol. The number of carbonyl (C=O) groups excluding carboxylic acids is 1. The molecule has 0 aliphatic carbocycles. The van der Waals surface area contributed by atoms with E-state index in [1.165, 1.54) is 0 Å². The molecule has 0 aliphatic rings. The minimum Gasteiger partial charge on any atom is -0.550 e. The molecule has 0 bridgehead atoms. The van der Waals surface area contributed by atoms with Gasteiger partial charge in [0.1, 0.15) is 0 Å². The summed E-state index contributed by atoms with van der Waals surface area (Å²) < 4.78 is 9.70. The number of aliphatic carboxylic acids is 1. The zero-order valence-corrected chi connectivity index (χ0v) is 11.6. The fourth-order valence-electron chi connectivity index (χ4n) is 1.31. The minimum atomic E-state index is -1.04. The van der Waals surface area contributed by atoms with Crippen LogP contribution in [-0.2, 0) is 20.7 Å². The molecule has 0 aromatic heterocycles. The van der Waals surface area contributed by atoms with Crippen molar-refractivity contribution in [1.82, 2.24) is 0 Å². The fraction of sp³-hybridized carbons (Fsp3) is 0.500. The summed E-state index contributed by atoms with van der Waals surface area (Å²) in [5, 5.41) is 12.2. The van der Waals surface area contributed by atoms with Crippen molar-refractivity contribution in [2.24, 2.45) is 0 Å². The van der Waals surface area contributed by atoms with Gasteiger partial charge in [-0.25, -0.2) is 0 Å². The number of hydrogen-bond donors (Lipinski definition) is 1. The molecule has 0 atom stereocenters. The van der Waals surface area contributed by atoms with Gasteiger partial charge < -0.3 is 24.7 Å². The molecule has 0 heterocycles. The largest absolute Gasteiger partial charge is 0.550 e. The molecule has 5 heteroatoms. The van der Waals surface area contributed by atoms with Crippen LogP contribution in [0.15, 0.2) is 30.3 Å². The number of carbonyl (C=O) groups is 1. The van der Waals surface area contributed by atoms with Gasteiger partial charge in [-0.1, -0.05) is 30.3 Å². The predicted octanol–water partition coefficient (Wildman–Crippen LogP) is -1.18. The van der Waals surface area contributed by atoms with E-state index in [2.05, 4.69) is 5.32 Å². The molecule has 1 aromatic carbocycles. The first-order chi connectivity index (χ1) is 9.20. The van der Waals surface area contributed by atoms with Gasteiger partial charge >= 0.3 is 0 Å². The molecule has 19 heavy (non-hydrogen) atoms. The van der Waals surface area contributed by atoms with E-state index in [0.29, 0.717) is 0 Å². The highest BCUT2D eigenvalue weighted by Crippen LogP contribution is 1.97. The van der Waals surface area contributed by atoms with Crippen LogP contribution in [0.5, 0.6) is 0 Å². The van der Waals surface area contributed by atoms with E-state index < -0.39 is 5.97 Å². The first kappa shape index (κ1) is 17.6. The van der Waals surface area contributed by atoms with E-state index >= 15 is 0 Å². The molecule has 108 valence electrons. The number of methoxy groups -OCH3 is 2. The molecule has 0 fully saturated rings. The van der Waals surface area contributed by atoms with Gasteiger partial charge in [-0.05, 0) is 5.56 Å². The van der Waals surface area contributed by atoms with Gasteiger partial charge in [0.2, 0.25) is 0 Å². The number of quaternary nitrogens is 1. The third kappa shape index (κ3) is 12.8. The summed E-state index contributed by atoms with van der Waals surface area (Å²) in [4.78, 5) is 10.1. The van der Waals surface area contributed by atoms with E-state index in [0.717, 1.165) is 31.9 Å². The van der Waals surface area contributed by atoms with Gasteiger partial charge in [-0.3, -0.25) is 0 Å². The Morgan fingerprint density at radius 2 is 1.63 bits per heavy atom. The molecule has 0 radical (unpaired) electrons. The minimum absolute atomic E-state index is 0.000833. The summed E-state index contributed by atoms with van der Waals surface area (Å²) in [6.45, 7) is 3.70. The molecule has 2 N–H and O–H groups in total. The number of carboxylic acids is 1. The Morgan fingerprint density at radius 1 is 1.11 bits per heavy atom. The highest BCUT2D eigenvalue weighted by molar-refractivity contribution is 5.67. The van der Waals surface area contributed by atoms with Crippen molar-refractivity contribution in [2.75, 3.05) is 40.5 Å². The molecular formula is C14H23NO4. The van der Waals surface area contributed by atoms with Gasteiger partial charge in [0, 0.05) is 26.6 Å². The molecule has 0 saturated carbocycles. The molecule has 1 rings (SSSR count). The number of nitrogens with two attached hydrogens (primary N) is 1. The zero-order valence-electron chi connectivity index (χ0n) is 11.6. The number of hydrogen-bond acceptors (Lipinski definition) is 4. The van der Waals surface area contributed by atoms with Crippen molar-refractivity contribution in [3.8, 4) is 0 Å². The highest BCUT2D eigenvalue weighted by Gasteiger charge is 1.88. The lowest BCUT2D eigenvalue weighted by Gasteiger charge is -1.99. The molecule has 0 aliphatic heterocycles. The van der Waals surface area contributed by atoms with Crippen molar-refractivity contribution in [1.29, 1.82) is 0 Å². The third-order valence-corrected chi connectivity index (χ3v) is 2.24. The molecular weight excluding hydrogens is 246 g/mol. The Bertz CT molecular complexity index is 310. The van der Waals surface area contributed by atoms with E-state index in [1.54, 1.807) is 38.5 Å². The normalized spacial score (nSPS) is 9.58. The van der Waals surface area contributed by atoms with Crippen LogP contribution in [-0.4, -0.2) is 46.5 Å². The van der Waals surface area contributed by atoms with Gasteiger partial charge in [-0.15, -0.1) is 0 Å². The first-order valence-corrected chi connectivity index (χ1v) is 6.24. The van der Waals surface area contributed by atoms with E-state index in [-0.39, 0.29) is 6.42 Å². The van der Waals surface area contributed by atoms with Crippen LogP contribution in [0.25, 0.3) is 0 Å². The second-order valence-corrected chi connectivity index (χ2v) is 3.89. The Labute approximate surface area is 114 Å². The third-order valence-electron chi connectivity index (χ3n) is 2.24. The average molecular weight is 269 g/mol. The fourth-order valence-corrected chi connectivity index (χ4v) is 1.31. The lowest BCUT2D eigenvalue weighted by molar-refractivity contribution is -0.657. The molecule has 5 nitrogen and oxygen atoms in total. The van der Waals surface area contributed by atoms with Crippen molar-refractivity contribution in [3.63, 3.8) is 0 Å². The van der Waals surface area contributed by atoms with E-state index in [4.69, 9.17) is 9.47 Å². The highest BCUT2D eigenvalue weighted by atomic mass is 16.5. The van der Waals surface area contributed by atoms with Crippen LogP contribution in [0.2, 0.25) is 0 Å². The summed E-state index contributed by atoms with van der Waals surface area (Å²) in [6.07, 6.45) is 0.000833. The Balaban J connectivity index is 0.000000344. The maximum atomic E-state index is 10.1. The van der Waals surface area contributed by atoms with Crippen LogP contribution in [0.3, 0.4) is 0 Å². The monoisotopic (exact) mass is 269 g/mol. The molecule has 0 unspecified atom stereocenters. The van der Waals surface area contributed by atoms with E-state index in [9.17, 15) is 9.90 Å². The van der Waals surface area contributed by atoms with Gasteiger partial charge in [0.15, 0.2) is 0 Å². The number of rotatable bonds is 8. The number of benzene rings is 1. The smallest absolute Gasteiger partial charge is 0.0993 e. The number of carboxylic acid groups (broad SMARTS) is 1. The first-order valence-electron chi connectivity index (χ1n) is 6.24. The summed E-state index contributed by atoms with van der Waals surface area (Å²) in [5.41, 5.74) is 0.780. The summed E-state index contributed by atoms with van der Waals surface area (Å²) >= 11 is 0.